The fourth-order valence-electron chi connectivity index (χ4n) is 1.41. The molecule has 1 aromatic rings. The molecule has 0 atom stereocenters. The molecular formula is C13H19FN2O. The van der Waals surface area contributed by atoms with E-state index >= 15 is 0 Å². The molecular weight excluding hydrogens is 219 g/mol. The highest BCUT2D eigenvalue weighted by Gasteiger charge is 2.02. The Kier molecular flexibility index (Phi) is 5.63. The Hall–Kier alpha value is -1.42. The Balaban J connectivity index is 2.34. The number of amides is 1. The highest BCUT2D eigenvalue weighted by molar-refractivity contribution is 5.76. The van der Waals surface area contributed by atoms with Crippen molar-refractivity contribution in [3.8, 4) is 0 Å². The maximum Gasteiger partial charge on any atom is 0.221 e. The monoisotopic (exact) mass is 238 g/mol. The molecule has 2 N–H and O–H groups in total. The van der Waals surface area contributed by atoms with E-state index in [2.05, 4.69) is 10.6 Å². The Bertz CT molecular complexity index is 380. The molecule has 0 aliphatic heterocycles. The van der Waals surface area contributed by atoms with Crippen LogP contribution in [0.4, 0.5) is 4.39 Å². The Labute approximate surface area is 101 Å². The third kappa shape index (κ3) is 4.95. The van der Waals surface area contributed by atoms with Gasteiger partial charge in [-0.1, -0.05) is 19.1 Å². The van der Waals surface area contributed by atoms with E-state index in [1.807, 2.05) is 13.0 Å². The number of hydrogen-bond donors (Lipinski definition) is 2. The maximum atomic E-state index is 13.2. The Morgan fingerprint density at radius 3 is 2.82 bits per heavy atom. The SMILES string of the molecule is CCNCCC(=O)NCc1ccc(C)c(F)c1. The second-order valence-corrected chi connectivity index (χ2v) is 3.96. The van der Waals surface area contributed by atoms with Gasteiger partial charge >= 0.3 is 0 Å². The molecule has 3 nitrogen and oxygen atoms in total. The molecule has 0 saturated carbocycles. The summed E-state index contributed by atoms with van der Waals surface area (Å²) in [6.45, 7) is 5.62. The first-order chi connectivity index (χ1) is 8.13. The van der Waals surface area contributed by atoms with Crippen LogP contribution in [0.3, 0.4) is 0 Å². The molecule has 94 valence electrons. The lowest BCUT2D eigenvalue weighted by Crippen LogP contribution is -2.27. The van der Waals surface area contributed by atoms with Crippen LogP contribution in [-0.2, 0) is 11.3 Å². The van der Waals surface area contributed by atoms with Gasteiger partial charge in [0.25, 0.3) is 0 Å². The van der Waals surface area contributed by atoms with Crippen molar-refractivity contribution < 1.29 is 9.18 Å². The molecule has 0 spiro atoms. The molecule has 1 aromatic carbocycles. The van der Waals surface area contributed by atoms with Crippen LogP contribution in [0.15, 0.2) is 18.2 Å². The summed E-state index contributed by atoms with van der Waals surface area (Å²) in [5, 5.41) is 5.83. The van der Waals surface area contributed by atoms with E-state index < -0.39 is 0 Å². The molecule has 1 rings (SSSR count). The van der Waals surface area contributed by atoms with Gasteiger partial charge in [-0.3, -0.25) is 4.79 Å². The predicted molar refractivity (Wildman–Crippen MR) is 66.1 cm³/mol. The first kappa shape index (κ1) is 13.6. The molecule has 0 fully saturated rings. The first-order valence-electron chi connectivity index (χ1n) is 5.86. The van der Waals surface area contributed by atoms with E-state index in [1.165, 1.54) is 6.07 Å². The number of benzene rings is 1. The maximum absolute atomic E-state index is 13.2. The van der Waals surface area contributed by atoms with Crippen molar-refractivity contribution in [1.29, 1.82) is 0 Å². The normalized spacial score (nSPS) is 10.3. The lowest BCUT2D eigenvalue weighted by Gasteiger charge is -2.06. The molecule has 0 aliphatic carbocycles. The number of hydrogen-bond acceptors (Lipinski definition) is 2. The van der Waals surface area contributed by atoms with Crippen LogP contribution in [0.25, 0.3) is 0 Å². The van der Waals surface area contributed by atoms with E-state index in [-0.39, 0.29) is 11.7 Å². The third-order valence-corrected chi connectivity index (χ3v) is 2.50. The van der Waals surface area contributed by atoms with E-state index in [0.717, 1.165) is 12.1 Å². The third-order valence-electron chi connectivity index (χ3n) is 2.50. The van der Waals surface area contributed by atoms with Crippen molar-refractivity contribution in [3.05, 3.63) is 35.1 Å². The average molecular weight is 238 g/mol. The molecule has 0 saturated heterocycles. The highest BCUT2D eigenvalue weighted by atomic mass is 19.1. The molecule has 0 radical (unpaired) electrons. The van der Waals surface area contributed by atoms with Crippen LogP contribution < -0.4 is 10.6 Å². The zero-order valence-corrected chi connectivity index (χ0v) is 10.3. The number of aryl methyl sites for hydroxylation is 1. The Morgan fingerprint density at radius 1 is 1.41 bits per heavy atom. The van der Waals surface area contributed by atoms with Gasteiger partial charge in [0.15, 0.2) is 0 Å². The summed E-state index contributed by atoms with van der Waals surface area (Å²) in [4.78, 5) is 11.4. The minimum atomic E-state index is -0.232. The van der Waals surface area contributed by atoms with Gasteiger partial charge in [-0.2, -0.15) is 0 Å². The summed E-state index contributed by atoms with van der Waals surface area (Å²) in [6.07, 6.45) is 0.447. The largest absolute Gasteiger partial charge is 0.352 e. The number of nitrogens with one attached hydrogen (secondary N) is 2. The summed E-state index contributed by atoms with van der Waals surface area (Å²) in [5.74, 6) is -0.253. The van der Waals surface area contributed by atoms with Gasteiger partial charge in [-0.05, 0) is 30.7 Å². The number of rotatable bonds is 6. The first-order valence-corrected chi connectivity index (χ1v) is 5.86. The lowest BCUT2D eigenvalue weighted by molar-refractivity contribution is -0.121. The van der Waals surface area contributed by atoms with Crippen molar-refractivity contribution in [3.63, 3.8) is 0 Å². The number of halogens is 1. The summed E-state index contributed by atoms with van der Waals surface area (Å²) in [5.41, 5.74) is 1.40. The fraction of sp³-hybridized carbons (Fsp3) is 0.462. The zero-order valence-electron chi connectivity index (χ0n) is 10.3. The summed E-state index contributed by atoms with van der Waals surface area (Å²) in [6, 6.07) is 5.00. The smallest absolute Gasteiger partial charge is 0.221 e. The summed E-state index contributed by atoms with van der Waals surface area (Å²) < 4.78 is 13.2. The fourth-order valence-corrected chi connectivity index (χ4v) is 1.41. The van der Waals surface area contributed by atoms with Gasteiger partial charge in [0.05, 0.1) is 0 Å². The summed E-state index contributed by atoms with van der Waals surface area (Å²) >= 11 is 0. The van der Waals surface area contributed by atoms with Crippen LogP contribution in [0.5, 0.6) is 0 Å². The van der Waals surface area contributed by atoms with Crippen molar-refractivity contribution in [1.82, 2.24) is 10.6 Å². The van der Waals surface area contributed by atoms with Crippen LogP contribution in [0.2, 0.25) is 0 Å². The predicted octanol–water partition coefficient (Wildman–Crippen LogP) is 1.75. The van der Waals surface area contributed by atoms with Gasteiger partial charge in [-0.25, -0.2) is 4.39 Å². The van der Waals surface area contributed by atoms with Gasteiger partial charge in [0.2, 0.25) is 5.91 Å². The van der Waals surface area contributed by atoms with Gasteiger partial charge in [0.1, 0.15) is 5.82 Å². The zero-order chi connectivity index (χ0) is 12.7. The lowest BCUT2D eigenvalue weighted by atomic mass is 10.1. The van der Waals surface area contributed by atoms with Gasteiger partial charge in [0, 0.05) is 19.5 Å². The van der Waals surface area contributed by atoms with E-state index in [1.54, 1.807) is 13.0 Å². The second kappa shape index (κ2) is 7.01. The molecule has 4 heteroatoms. The topological polar surface area (TPSA) is 41.1 Å². The van der Waals surface area contributed by atoms with Gasteiger partial charge < -0.3 is 10.6 Å². The van der Waals surface area contributed by atoms with E-state index in [4.69, 9.17) is 0 Å². The quantitative estimate of drug-likeness (QED) is 0.741. The van der Waals surface area contributed by atoms with E-state index in [9.17, 15) is 9.18 Å². The summed E-state index contributed by atoms with van der Waals surface area (Å²) in [7, 11) is 0. The van der Waals surface area contributed by atoms with Crippen molar-refractivity contribution in [2.45, 2.75) is 26.8 Å². The van der Waals surface area contributed by atoms with Crippen molar-refractivity contribution in [2.24, 2.45) is 0 Å². The molecule has 0 unspecified atom stereocenters. The molecule has 0 aromatic heterocycles. The standard InChI is InChI=1S/C13H19FN2O/c1-3-15-7-6-13(17)16-9-11-5-4-10(2)12(14)8-11/h4-5,8,15H,3,6-7,9H2,1-2H3,(H,16,17). The van der Waals surface area contributed by atoms with Crippen LogP contribution in [0, 0.1) is 12.7 Å². The van der Waals surface area contributed by atoms with E-state index in [0.29, 0.717) is 25.1 Å². The highest BCUT2D eigenvalue weighted by Crippen LogP contribution is 2.08. The molecule has 17 heavy (non-hydrogen) atoms. The molecule has 0 aliphatic rings. The van der Waals surface area contributed by atoms with Crippen LogP contribution in [-0.4, -0.2) is 19.0 Å². The molecule has 1 amide bonds. The van der Waals surface area contributed by atoms with Crippen molar-refractivity contribution in [2.75, 3.05) is 13.1 Å². The van der Waals surface area contributed by atoms with Crippen LogP contribution in [0.1, 0.15) is 24.5 Å². The second-order valence-electron chi connectivity index (χ2n) is 3.96. The number of carbonyl (C=O) groups is 1. The Morgan fingerprint density at radius 2 is 2.18 bits per heavy atom. The van der Waals surface area contributed by atoms with Crippen LogP contribution >= 0.6 is 0 Å². The van der Waals surface area contributed by atoms with Gasteiger partial charge in [-0.15, -0.1) is 0 Å². The molecule has 0 heterocycles. The number of carbonyl (C=O) groups excluding carboxylic acids is 1. The van der Waals surface area contributed by atoms with Crippen molar-refractivity contribution >= 4 is 5.91 Å². The molecule has 0 bridgehead atoms. The minimum Gasteiger partial charge on any atom is -0.352 e. The minimum absolute atomic E-state index is 0.0214. The average Bonchev–Trinajstić information content (AvgIpc) is 2.31.